The summed E-state index contributed by atoms with van der Waals surface area (Å²) in [5, 5.41) is 3.17. The molecule has 2 heterocycles. The van der Waals surface area contributed by atoms with Crippen molar-refractivity contribution in [2.75, 3.05) is 13.1 Å². The van der Waals surface area contributed by atoms with Crippen LogP contribution in [0.5, 0.6) is 0 Å². The molecule has 1 aromatic heterocycles. The first kappa shape index (κ1) is 17.0. The molecule has 0 radical (unpaired) electrons. The summed E-state index contributed by atoms with van der Waals surface area (Å²) in [5.41, 5.74) is 5.34. The molecular formula is C11H19ClN4O3S. The van der Waals surface area contributed by atoms with Gasteiger partial charge in [0.25, 0.3) is 5.91 Å². The predicted molar refractivity (Wildman–Crippen MR) is 77.4 cm³/mol. The molecule has 1 saturated heterocycles. The first-order valence-corrected chi connectivity index (χ1v) is 7.57. The number of aromatic nitrogens is 1. The number of piperidine rings is 1. The summed E-state index contributed by atoms with van der Waals surface area (Å²) in [5.74, 6) is -0.647. The molecule has 1 fully saturated rings. The van der Waals surface area contributed by atoms with Gasteiger partial charge in [-0.1, -0.05) is 0 Å². The highest BCUT2D eigenvalue weighted by molar-refractivity contribution is 7.89. The fourth-order valence-electron chi connectivity index (χ4n) is 2.15. The van der Waals surface area contributed by atoms with E-state index in [0.717, 1.165) is 25.9 Å². The molecule has 20 heavy (non-hydrogen) atoms. The summed E-state index contributed by atoms with van der Waals surface area (Å²) >= 11 is 0. The molecule has 0 bridgehead atoms. The average Bonchev–Trinajstić information content (AvgIpc) is 2.73. The quantitative estimate of drug-likeness (QED) is 0.699. The zero-order valence-electron chi connectivity index (χ0n) is 11.1. The van der Waals surface area contributed by atoms with Crippen LogP contribution in [0, 0.1) is 0 Å². The number of halogens is 1. The molecule has 0 aromatic carbocycles. The molecule has 0 aliphatic carbocycles. The Morgan fingerprint density at radius 3 is 2.55 bits per heavy atom. The highest BCUT2D eigenvalue weighted by Crippen LogP contribution is 2.15. The average molecular weight is 323 g/mol. The zero-order valence-corrected chi connectivity index (χ0v) is 12.8. The number of hydrogen-bond acceptors (Lipinski definition) is 4. The number of carbonyl (C=O) groups excluding carboxylic acids is 1. The van der Waals surface area contributed by atoms with Gasteiger partial charge in [-0.2, -0.15) is 0 Å². The third kappa shape index (κ3) is 3.72. The van der Waals surface area contributed by atoms with E-state index in [-0.39, 0.29) is 29.0 Å². The molecule has 4 N–H and O–H groups in total. The topological polar surface area (TPSA) is 106 Å². The van der Waals surface area contributed by atoms with Crippen molar-refractivity contribution in [1.82, 2.24) is 14.6 Å². The number of primary amides is 1. The number of amides is 1. The van der Waals surface area contributed by atoms with Gasteiger partial charge in [-0.3, -0.25) is 4.79 Å². The Balaban J connectivity index is 0.00000200. The minimum absolute atomic E-state index is 0. The maximum atomic E-state index is 12.2. The van der Waals surface area contributed by atoms with Crippen molar-refractivity contribution in [3.63, 3.8) is 0 Å². The van der Waals surface area contributed by atoms with Crippen LogP contribution >= 0.6 is 12.4 Å². The Morgan fingerprint density at radius 1 is 1.45 bits per heavy atom. The van der Waals surface area contributed by atoms with E-state index in [0.29, 0.717) is 0 Å². The number of nitrogens with two attached hydrogens (primary N) is 1. The van der Waals surface area contributed by atoms with E-state index in [1.54, 1.807) is 7.05 Å². The molecule has 1 aliphatic heterocycles. The Bertz CT molecular complexity index is 578. The van der Waals surface area contributed by atoms with Crippen LogP contribution in [0.15, 0.2) is 17.2 Å². The van der Waals surface area contributed by atoms with E-state index < -0.39 is 15.9 Å². The molecule has 1 aromatic rings. The summed E-state index contributed by atoms with van der Waals surface area (Å²) in [6, 6.07) is 1.23. The molecule has 1 aliphatic rings. The zero-order chi connectivity index (χ0) is 14.0. The lowest BCUT2D eigenvalue weighted by molar-refractivity contribution is 0.0992. The summed E-state index contributed by atoms with van der Waals surface area (Å²) in [6.07, 6.45) is 2.91. The fraction of sp³-hybridized carbons (Fsp3) is 0.545. The first-order valence-electron chi connectivity index (χ1n) is 6.09. The highest BCUT2D eigenvalue weighted by Gasteiger charge is 2.24. The lowest BCUT2D eigenvalue weighted by Gasteiger charge is -2.23. The van der Waals surface area contributed by atoms with Crippen LogP contribution in [-0.4, -0.2) is 38.0 Å². The van der Waals surface area contributed by atoms with Gasteiger partial charge >= 0.3 is 0 Å². The molecule has 1 amide bonds. The number of hydrogen-bond donors (Lipinski definition) is 3. The smallest absolute Gasteiger partial charge is 0.265 e. The van der Waals surface area contributed by atoms with Crippen LogP contribution in [0.1, 0.15) is 23.3 Å². The van der Waals surface area contributed by atoms with Gasteiger partial charge in [-0.15, -0.1) is 12.4 Å². The van der Waals surface area contributed by atoms with Gasteiger partial charge in [0.05, 0.1) is 0 Å². The van der Waals surface area contributed by atoms with Crippen LogP contribution in [-0.2, 0) is 17.1 Å². The third-order valence-electron chi connectivity index (χ3n) is 3.20. The fourth-order valence-corrected chi connectivity index (χ4v) is 3.53. The summed E-state index contributed by atoms with van der Waals surface area (Å²) in [7, 11) is -2.01. The second-order valence-corrected chi connectivity index (χ2v) is 6.40. The van der Waals surface area contributed by atoms with Crippen LogP contribution in [0.25, 0.3) is 0 Å². The first-order chi connectivity index (χ1) is 8.90. The maximum Gasteiger partial charge on any atom is 0.265 e. The molecule has 2 rings (SSSR count). The lowest BCUT2D eigenvalue weighted by Crippen LogP contribution is -2.42. The number of nitrogens with one attached hydrogen (secondary N) is 2. The lowest BCUT2D eigenvalue weighted by atomic mass is 10.1. The maximum absolute atomic E-state index is 12.2. The minimum Gasteiger partial charge on any atom is -0.364 e. The number of rotatable bonds is 4. The Hall–Kier alpha value is -1.09. The van der Waals surface area contributed by atoms with E-state index in [4.69, 9.17) is 5.73 Å². The van der Waals surface area contributed by atoms with Gasteiger partial charge in [0.15, 0.2) is 0 Å². The molecule has 7 nitrogen and oxygen atoms in total. The molecule has 0 spiro atoms. The summed E-state index contributed by atoms with van der Waals surface area (Å²) in [6.45, 7) is 1.60. The van der Waals surface area contributed by atoms with Crippen LogP contribution in [0.2, 0.25) is 0 Å². The summed E-state index contributed by atoms with van der Waals surface area (Å²) in [4.78, 5) is 11.2. The predicted octanol–water partition coefficient (Wildman–Crippen LogP) is -0.424. The Morgan fingerprint density at radius 2 is 2.05 bits per heavy atom. The van der Waals surface area contributed by atoms with E-state index in [9.17, 15) is 13.2 Å². The monoisotopic (exact) mass is 322 g/mol. The van der Waals surface area contributed by atoms with Crippen molar-refractivity contribution in [3.05, 3.63) is 18.0 Å². The number of aryl methyl sites for hydroxylation is 1. The standard InChI is InChI=1S/C11H18N4O3S.ClH/c1-15-7-9(6-10(15)11(12)16)19(17,18)14-8-2-4-13-5-3-8;/h6-8,13-14H,2-5H2,1H3,(H2,12,16);1H. The van der Waals surface area contributed by atoms with Crippen molar-refractivity contribution >= 4 is 28.3 Å². The van der Waals surface area contributed by atoms with E-state index >= 15 is 0 Å². The van der Waals surface area contributed by atoms with Gasteiger partial charge in [0.2, 0.25) is 10.0 Å². The van der Waals surface area contributed by atoms with Crippen LogP contribution in [0.3, 0.4) is 0 Å². The molecule has 0 atom stereocenters. The van der Waals surface area contributed by atoms with Crippen molar-refractivity contribution < 1.29 is 13.2 Å². The van der Waals surface area contributed by atoms with Crippen LogP contribution < -0.4 is 15.8 Å². The molecule has 9 heteroatoms. The minimum atomic E-state index is -3.60. The van der Waals surface area contributed by atoms with E-state index in [1.807, 2.05) is 0 Å². The van der Waals surface area contributed by atoms with E-state index in [2.05, 4.69) is 10.0 Å². The third-order valence-corrected chi connectivity index (χ3v) is 4.69. The van der Waals surface area contributed by atoms with Crippen molar-refractivity contribution in [1.29, 1.82) is 0 Å². The molecule has 114 valence electrons. The van der Waals surface area contributed by atoms with Crippen molar-refractivity contribution in [3.8, 4) is 0 Å². The summed E-state index contributed by atoms with van der Waals surface area (Å²) < 4.78 is 28.5. The van der Waals surface area contributed by atoms with Gasteiger partial charge < -0.3 is 15.6 Å². The normalized spacial score (nSPS) is 16.6. The Kier molecular flexibility index (Phi) is 5.58. The van der Waals surface area contributed by atoms with Gasteiger partial charge in [-0.25, -0.2) is 13.1 Å². The second kappa shape index (κ2) is 6.57. The number of nitrogens with zero attached hydrogens (tertiary/aromatic N) is 1. The van der Waals surface area contributed by atoms with Crippen molar-refractivity contribution in [2.45, 2.75) is 23.8 Å². The SMILES string of the molecule is Cl.Cn1cc(S(=O)(=O)NC2CCNCC2)cc1C(N)=O. The largest absolute Gasteiger partial charge is 0.364 e. The second-order valence-electron chi connectivity index (χ2n) is 4.68. The van der Waals surface area contributed by atoms with Crippen LogP contribution in [0.4, 0.5) is 0 Å². The van der Waals surface area contributed by atoms with Gasteiger partial charge in [0, 0.05) is 19.3 Å². The molecule has 0 unspecified atom stereocenters. The van der Waals surface area contributed by atoms with Crippen molar-refractivity contribution in [2.24, 2.45) is 12.8 Å². The number of sulfonamides is 1. The van der Waals surface area contributed by atoms with Gasteiger partial charge in [-0.05, 0) is 32.0 Å². The molecular weight excluding hydrogens is 304 g/mol. The van der Waals surface area contributed by atoms with E-state index in [1.165, 1.54) is 16.8 Å². The Labute approximate surface area is 124 Å². The van der Waals surface area contributed by atoms with Gasteiger partial charge in [0.1, 0.15) is 10.6 Å². The molecule has 0 saturated carbocycles. The number of carbonyl (C=O) groups is 1. The highest BCUT2D eigenvalue weighted by atomic mass is 35.5.